The van der Waals surface area contributed by atoms with E-state index in [4.69, 9.17) is 4.74 Å². The molecular formula is C11H14N2O5. The summed E-state index contributed by atoms with van der Waals surface area (Å²) in [6.07, 6.45) is 0. The van der Waals surface area contributed by atoms with E-state index >= 15 is 0 Å². The Labute approximate surface area is 104 Å². The second kappa shape index (κ2) is 5.35. The zero-order chi connectivity index (χ0) is 13.9. The number of carbonyl (C=O) groups excluding carboxylic acids is 1. The van der Waals surface area contributed by atoms with Crippen molar-refractivity contribution in [1.82, 2.24) is 0 Å². The van der Waals surface area contributed by atoms with Crippen LogP contribution in [0.2, 0.25) is 0 Å². The molecule has 0 heterocycles. The lowest BCUT2D eigenvalue weighted by molar-refractivity contribution is -0.385. The summed E-state index contributed by atoms with van der Waals surface area (Å²) in [5, 5.41) is 23.0. The van der Waals surface area contributed by atoms with Gasteiger partial charge in [-0.25, -0.2) is 0 Å². The van der Waals surface area contributed by atoms with Crippen LogP contribution >= 0.6 is 0 Å². The first-order valence-corrected chi connectivity index (χ1v) is 5.23. The summed E-state index contributed by atoms with van der Waals surface area (Å²) < 4.78 is 4.78. The Bertz CT molecular complexity index is 485. The third kappa shape index (κ3) is 2.68. The van der Waals surface area contributed by atoms with E-state index in [2.05, 4.69) is 5.32 Å². The van der Waals surface area contributed by atoms with Crippen LogP contribution in [0.4, 0.5) is 11.4 Å². The number of hydrogen-bond acceptors (Lipinski definition) is 5. The van der Waals surface area contributed by atoms with Crippen LogP contribution in [0.1, 0.15) is 13.8 Å². The Morgan fingerprint density at radius 1 is 1.50 bits per heavy atom. The van der Waals surface area contributed by atoms with Crippen LogP contribution in [-0.4, -0.2) is 23.0 Å². The molecule has 0 radical (unpaired) electrons. The molecule has 7 heteroatoms. The highest BCUT2D eigenvalue weighted by molar-refractivity contribution is 5.94. The first kappa shape index (κ1) is 13.8. The van der Waals surface area contributed by atoms with Gasteiger partial charge in [0.1, 0.15) is 0 Å². The molecule has 0 unspecified atom stereocenters. The third-order valence-electron chi connectivity index (χ3n) is 2.29. The highest BCUT2D eigenvalue weighted by Gasteiger charge is 2.22. The van der Waals surface area contributed by atoms with Crippen molar-refractivity contribution in [2.45, 2.75) is 13.8 Å². The fraction of sp³-hybridized carbons (Fsp3) is 0.364. The SMILES string of the molecule is COc1c([N+](=O)[O-])ccc(NC(=O)C(C)C)c1O. The molecule has 0 bridgehead atoms. The number of nitro benzene ring substituents is 1. The first-order chi connectivity index (χ1) is 8.38. The molecule has 0 aliphatic heterocycles. The third-order valence-corrected chi connectivity index (χ3v) is 2.29. The van der Waals surface area contributed by atoms with Crippen molar-refractivity contribution in [3.05, 3.63) is 22.2 Å². The van der Waals surface area contributed by atoms with E-state index in [1.165, 1.54) is 13.2 Å². The Morgan fingerprint density at radius 3 is 2.56 bits per heavy atom. The number of anilines is 1. The zero-order valence-corrected chi connectivity index (χ0v) is 10.3. The second-order valence-electron chi connectivity index (χ2n) is 3.92. The predicted molar refractivity (Wildman–Crippen MR) is 64.8 cm³/mol. The lowest BCUT2D eigenvalue weighted by Gasteiger charge is -2.11. The molecule has 98 valence electrons. The minimum absolute atomic E-state index is 0.0798. The van der Waals surface area contributed by atoms with Gasteiger partial charge in [-0.15, -0.1) is 0 Å². The van der Waals surface area contributed by atoms with Crippen LogP contribution < -0.4 is 10.1 Å². The Morgan fingerprint density at radius 2 is 2.11 bits per heavy atom. The topological polar surface area (TPSA) is 102 Å². The van der Waals surface area contributed by atoms with Gasteiger partial charge in [-0.05, 0) is 6.07 Å². The summed E-state index contributed by atoms with van der Waals surface area (Å²) in [4.78, 5) is 21.5. The number of nitro groups is 1. The number of rotatable bonds is 4. The zero-order valence-electron chi connectivity index (χ0n) is 10.3. The van der Waals surface area contributed by atoms with Gasteiger partial charge in [0.05, 0.1) is 17.7 Å². The van der Waals surface area contributed by atoms with E-state index in [-0.39, 0.29) is 28.9 Å². The Kier molecular flexibility index (Phi) is 4.09. The Balaban J connectivity index is 3.17. The van der Waals surface area contributed by atoms with Gasteiger partial charge in [0.25, 0.3) is 0 Å². The fourth-order valence-electron chi connectivity index (χ4n) is 1.28. The number of phenols is 1. The molecule has 0 saturated heterocycles. The highest BCUT2D eigenvalue weighted by atomic mass is 16.6. The van der Waals surface area contributed by atoms with Crippen LogP contribution in [0.3, 0.4) is 0 Å². The van der Waals surface area contributed by atoms with Crippen LogP contribution in [0, 0.1) is 16.0 Å². The van der Waals surface area contributed by atoms with Gasteiger partial charge in [0, 0.05) is 12.0 Å². The fourth-order valence-corrected chi connectivity index (χ4v) is 1.28. The molecule has 0 aromatic heterocycles. The number of nitrogens with one attached hydrogen (secondary N) is 1. The molecule has 0 saturated carbocycles. The molecule has 1 aromatic carbocycles. The maximum atomic E-state index is 11.5. The highest BCUT2D eigenvalue weighted by Crippen LogP contribution is 2.41. The maximum absolute atomic E-state index is 11.5. The standard InChI is InChI=1S/C11H14N2O5/c1-6(2)11(15)12-7-4-5-8(13(16)17)10(18-3)9(7)14/h4-6,14H,1-3H3,(H,12,15). The van der Waals surface area contributed by atoms with Crippen LogP contribution in [0.25, 0.3) is 0 Å². The molecule has 2 N–H and O–H groups in total. The summed E-state index contributed by atoms with van der Waals surface area (Å²) in [5.41, 5.74) is -0.284. The molecule has 1 rings (SSSR count). The monoisotopic (exact) mass is 254 g/mol. The summed E-state index contributed by atoms with van der Waals surface area (Å²) in [6, 6.07) is 2.42. The minimum atomic E-state index is -0.674. The van der Waals surface area contributed by atoms with Gasteiger partial charge in [-0.1, -0.05) is 13.8 Å². The summed E-state index contributed by atoms with van der Waals surface area (Å²) >= 11 is 0. The summed E-state index contributed by atoms with van der Waals surface area (Å²) in [6.45, 7) is 3.38. The second-order valence-corrected chi connectivity index (χ2v) is 3.92. The summed E-state index contributed by atoms with van der Waals surface area (Å²) in [7, 11) is 1.20. The van der Waals surface area contributed by atoms with E-state index in [1.54, 1.807) is 13.8 Å². The predicted octanol–water partition coefficient (Wildman–Crippen LogP) is 1.90. The largest absolute Gasteiger partial charge is 0.503 e. The normalized spacial score (nSPS) is 10.2. The van der Waals surface area contributed by atoms with Gasteiger partial charge >= 0.3 is 5.69 Å². The van der Waals surface area contributed by atoms with Crippen molar-refractivity contribution < 1.29 is 19.6 Å². The van der Waals surface area contributed by atoms with E-state index in [0.717, 1.165) is 6.07 Å². The smallest absolute Gasteiger partial charge is 0.315 e. The van der Waals surface area contributed by atoms with Crippen LogP contribution in [-0.2, 0) is 4.79 Å². The molecule has 0 aliphatic carbocycles. The van der Waals surface area contributed by atoms with Crippen molar-refractivity contribution in [2.24, 2.45) is 5.92 Å². The number of amides is 1. The molecule has 7 nitrogen and oxygen atoms in total. The van der Waals surface area contributed by atoms with E-state index in [1.807, 2.05) is 0 Å². The van der Waals surface area contributed by atoms with Crippen molar-refractivity contribution in [2.75, 3.05) is 12.4 Å². The quantitative estimate of drug-likeness (QED) is 0.485. The number of aromatic hydroxyl groups is 1. The van der Waals surface area contributed by atoms with Gasteiger partial charge in [0.2, 0.25) is 11.7 Å². The molecule has 18 heavy (non-hydrogen) atoms. The van der Waals surface area contributed by atoms with E-state index in [0.29, 0.717) is 0 Å². The van der Waals surface area contributed by atoms with Crippen molar-refractivity contribution >= 4 is 17.3 Å². The first-order valence-electron chi connectivity index (χ1n) is 5.23. The minimum Gasteiger partial charge on any atom is -0.503 e. The number of phenolic OH excluding ortho intramolecular Hbond substituents is 1. The van der Waals surface area contributed by atoms with Gasteiger partial charge in [0.15, 0.2) is 5.75 Å². The Hall–Kier alpha value is -2.31. The molecule has 0 fully saturated rings. The van der Waals surface area contributed by atoms with Crippen molar-refractivity contribution in [1.29, 1.82) is 0 Å². The summed E-state index contributed by atoms with van der Waals surface area (Å²) in [5.74, 6) is -1.31. The molecule has 1 amide bonds. The molecular weight excluding hydrogens is 240 g/mol. The van der Waals surface area contributed by atoms with Crippen LogP contribution in [0.5, 0.6) is 11.5 Å². The number of hydrogen-bond donors (Lipinski definition) is 2. The van der Waals surface area contributed by atoms with Gasteiger partial charge < -0.3 is 15.2 Å². The van der Waals surface area contributed by atoms with Gasteiger partial charge in [-0.2, -0.15) is 0 Å². The number of ether oxygens (including phenoxy) is 1. The lowest BCUT2D eigenvalue weighted by atomic mass is 10.2. The maximum Gasteiger partial charge on any atom is 0.315 e. The van der Waals surface area contributed by atoms with Crippen molar-refractivity contribution in [3.63, 3.8) is 0 Å². The van der Waals surface area contributed by atoms with Crippen LogP contribution in [0.15, 0.2) is 12.1 Å². The van der Waals surface area contributed by atoms with Gasteiger partial charge in [-0.3, -0.25) is 14.9 Å². The average Bonchev–Trinajstić information content (AvgIpc) is 2.30. The molecule has 0 atom stereocenters. The molecule has 0 aliphatic rings. The van der Waals surface area contributed by atoms with Crippen molar-refractivity contribution in [3.8, 4) is 11.5 Å². The number of carbonyl (C=O) groups is 1. The molecule has 0 spiro atoms. The molecule has 1 aromatic rings. The average molecular weight is 254 g/mol. The number of methoxy groups -OCH3 is 1. The number of nitrogens with zero attached hydrogens (tertiary/aromatic N) is 1. The lowest BCUT2D eigenvalue weighted by Crippen LogP contribution is -2.17. The van der Waals surface area contributed by atoms with E-state index in [9.17, 15) is 20.0 Å². The number of benzene rings is 1. The van der Waals surface area contributed by atoms with E-state index < -0.39 is 10.7 Å².